The second-order valence-corrected chi connectivity index (χ2v) is 6.09. The van der Waals surface area contributed by atoms with Crippen molar-refractivity contribution in [3.8, 4) is 0 Å². The fraction of sp³-hybridized carbons (Fsp3) is 0.938. The highest BCUT2D eigenvalue weighted by atomic mass is 16.1. The Morgan fingerprint density at radius 3 is 2.42 bits per heavy atom. The summed E-state index contributed by atoms with van der Waals surface area (Å²) in [6, 6.07) is 0.105. The maximum absolute atomic E-state index is 11.8. The second kappa shape index (κ2) is 9.35. The number of nitrogens with two attached hydrogens (primary N) is 1. The van der Waals surface area contributed by atoms with E-state index in [1.165, 1.54) is 32.1 Å². The molecule has 0 spiro atoms. The average molecular weight is 268 g/mol. The van der Waals surface area contributed by atoms with Crippen LogP contribution < -0.4 is 11.1 Å². The predicted octanol–water partition coefficient (Wildman–Crippen LogP) is 3.23. The van der Waals surface area contributed by atoms with Crippen molar-refractivity contribution >= 4 is 5.91 Å². The van der Waals surface area contributed by atoms with Gasteiger partial charge in [-0.3, -0.25) is 4.79 Å². The lowest BCUT2D eigenvalue weighted by Crippen LogP contribution is -2.41. The molecule has 0 aromatic heterocycles. The molecule has 0 aromatic carbocycles. The Morgan fingerprint density at radius 1 is 1.21 bits per heavy atom. The molecule has 0 aliphatic heterocycles. The summed E-state index contributed by atoms with van der Waals surface area (Å²) in [7, 11) is 0. The number of amides is 1. The molecule has 3 N–H and O–H groups in total. The van der Waals surface area contributed by atoms with Crippen LogP contribution in [0.1, 0.15) is 71.6 Å². The summed E-state index contributed by atoms with van der Waals surface area (Å²) in [6.45, 7) is 4.97. The zero-order valence-electron chi connectivity index (χ0n) is 12.8. The molecule has 0 aromatic rings. The predicted molar refractivity (Wildman–Crippen MR) is 80.9 cm³/mol. The number of hydrogen-bond donors (Lipinski definition) is 2. The fourth-order valence-corrected chi connectivity index (χ4v) is 3.19. The molecule has 0 bridgehead atoms. The van der Waals surface area contributed by atoms with E-state index in [1.54, 1.807) is 0 Å². The van der Waals surface area contributed by atoms with E-state index in [1.807, 2.05) is 0 Å². The lowest BCUT2D eigenvalue weighted by atomic mass is 9.86. The molecule has 112 valence electrons. The minimum Gasteiger partial charge on any atom is -0.355 e. The number of carbonyl (C=O) groups excluding carboxylic acids is 1. The number of rotatable bonds is 8. The van der Waals surface area contributed by atoms with Crippen LogP contribution in [-0.4, -0.2) is 18.5 Å². The fourth-order valence-electron chi connectivity index (χ4n) is 3.19. The third-order valence-electron chi connectivity index (χ3n) is 4.69. The van der Waals surface area contributed by atoms with Gasteiger partial charge in [0.25, 0.3) is 0 Å². The third-order valence-corrected chi connectivity index (χ3v) is 4.69. The van der Waals surface area contributed by atoms with Crippen molar-refractivity contribution < 1.29 is 4.79 Å². The molecular formula is C16H32N2O. The van der Waals surface area contributed by atoms with Crippen LogP contribution in [0, 0.1) is 11.8 Å². The van der Waals surface area contributed by atoms with E-state index in [4.69, 9.17) is 5.73 Å². The Balaban J connectivity index is 2.13. The van der Waals surface area contributed by atoms with Crippen molar-refractivity contribution in [1.82, 2.24) is 5.32 Å². The van der Waals surface area contributed by atoms with Crippen molar-refractivity contribution in [2.75, 3.05) is 6.54 Å². The van der Waals surface area contributed by atoms with Gasteiger partial charge in [-0.1, -0.05) is 58.8 Å². The molecule has 3 heteroatoms. The molecule has 1 amide bonds. The van der Waals surface area contributed by atoms with Crippen LogP contribution in [0.3, 0.4) is 0 Å². The SMILES string of the molecule is CCC(CC)C(N)CNC(=O)CCC1CCCCC1. The first kappa shape index (κ1) is 16.5. The first-order valence-electron chi connectivity index (χ1n) is 8.19. The quantitative estimate of drug-likeness (QED) is 0.710. The van der Waals surface area contributed by atoms with Crippen LogP contribution in [0.15, 0.2) is 0 Å². The van der Waals surface area contributed by atoms with Gasteiger partial charge in [0, 0.05) is 19.0 Å². The Hall–Kier alpha value is -0.570. The van der Waals surface area contributed by atoms with Gasteiger partial charge < -0.3 is 11.1 Å². The summed E-state index contributed by atoms with van der Waals surface area (Å²) in [5.74, 6) is 1.50. The molecule has 1 unspecified atom stereocenters. The normalized spacial score (nSPS) is 18.5. The molecular weight excluding hydrogens is 236 g/mol. The zero-order chi connectivity index (χ0) is 14.1. The topological polar surface area (TPSA) is 55.1 Å². The highest BCUT2D eigenvalue weighted by molar-refractivity contribution is 5.75. The smallest absolute Gasteiger partial charge is 0.220 e. The van der Waals surface area contributed by atoms with Gasteiger partial charge in [0.05, 0.1) is 0 Å². The maximum Gasteiger partial charge on any atom is 0.220 e. The van der Waals surface area contributed by atoms with Crippen molar-refractivity contribution in [3.63, 3.8) is 0 Å². The molecule has 3 nitrogen and oxygen atoms in total. The largest absolute Gasteiger partial charge is 0.355 e. The molecule has 1 atom stereocenters. The van der Waals surface area contributed by atoms with Crippen LogP contribution >= 0.6 is 0 Å². The lowest BCUT2D eigenvalue weighted by Gasteiger charge is -2.23. The van der Waals surface area contributed by atoms with Crippen LogP contribution in [-0.2, 0) is 4.79 Å². The van der Waals surface area contributed by atoms with Crippen LogP contribution in [0.5, 0.6) is 0 Å². The summed E-state index contributed by atoms with van der Waals surface area (Å²) in [4.78, 5) is 11.8. The highest BCUT2D eigenvalue weighted by Crippen LogP contribution is 2.27. The summed E-state index contributed by atoms with van der Waals surface area (Å²) in [5, 5.41) is 3.01. The van der Waals surface area contributed by atoms with E-state index < -0.39 is 0 Å². The minimum absolute atomic E-state index is 0.105. The molecule has 1 fully saturated rings. The monoisotopic (exact) mass is 268 g/mol. The zero-order valence-corrected chi connectivity index (χ0v) is 12.8. The summed E-state index contributed by atoms with van der Waals surface area (Å²) in [5.41, 5.74) is 6.11. The van der Waals surface area contributed by atoms with E-state index in [9.17, 15) is 4.79 Å². The summed E-state index contributed by atoms with van der Waals surface area (Å²) >= 11 is 0. The van der Waals surface area contributed by atoms with E-state index in [0.29, 0.717) is 18.9 Å². The van der Waals surface area contributed by atoms with Crippen molar-refractivity contribution in [2.45, 2.75) is 77.7 Å². The maximum atomic E-state index is 11.8. The van der Waals surface area contributed by atoms with E-state index >= 15 is 0 Å². The number of nitrogens with one attached hydrogen (secondary N) is 1. The molecule has 0 saturated heterocycles. The lowest BCUT2D eigenvalue weighted by molar-refractivity contribution is -0.121. The van der Waals surface area contributed by atoms with Gasteiger partial charge in [0.15, 0.2) is 0 Å². The van der Waals surface area contributed by atoms with Gasteiger partial charge in [-0.05, 0) is 18.3 Å². The third kappa shape index (κ3) is 6.42. The van der Waals surface area contributed by atoms with E-state index in [-0.39, 0.29) is 11.9 Å². The van der Waals surface area contributed by atoms with Gasteiger partial charge in [0.1, 0.15) is 0 Å². The van der Waals surface area contributed by atoms with Gasteiger partial charge in [-0.2, -0.15) is 0 Å². The van der Waals surface area contributed by atoms with Gasteiger partial charge in [-0.25, -0.2) is 0 Å². The highest BCUT2D eigenvalue weighted by Gasteiger charge is 2.17. The van der Waals surface area contributed by atoms with Crippen molar-refractivity contribution in [3.05, 3.63) is 0 Å². The van der Waals surface area contributed by atoms with Gasteiger partial charge in [-0.15, -0.1) is 0 Å². The molecule has 1 aliphatic carbocycles. The summed E-state index contributed by atoms with van der Waals surface area (Å²) < 4.78 is 0. The standard InChI is InChI=1S/C16H32N2O/c1-3-14(4-2)15(17)12-18-16(19)11-10-13-8-6-5-7-9-13/h13-15H,3-12,17H2,1-2H3,(H,18,19). The molecule has 1 saturated carbocycles. The summed E-state index contributed by atoms with van der Waals surface area (Å²) in [6.07, 6.45) is 10.7. The molecule has 1 aliphatic rings. The van der Waals surface area contributed by atoms with Gasteiger partial charge in [0.2, 0.25) is 5.91 Å². The molecule has 1 rings (SSSR count). The average Bonchev–Trinajstić information content (AvgIpc) is 2.45. The van der Waals surface area contributed by atoms with E-state index in [2.05, 4.69) is 19.2 Å². The molecule has 0 radical (unpaired) electrons. The Bertz CT molecular complexity index is 245. The van der Waals surface area contributed by atoms with E-state index in [0.717, 1.165) is 25.2 Å². The first-order valence-corrected chi connectivity index (χ1v) is 8.19. The van der Waals surface area contributed by atoms with Crippen molar-refractivity contribution in [1.29, 1.82) is 0 Å². The van der Waals surface area contributed by atoms with Crippen LogP contribution in [0.2, 0.25) is 0 Å². The Kier molecular flexibility index (Phi) is 8.11. The number of hydrogen-bond acceptors (Lipinski definition) is 2. The first-order chi connectivity index (χ1) is 9.17. The Labute approximate surface area is 118 Å². The van der Waals surface area contributed by atoms with Gasteiger partial charge >= 0.3 is 0 Å². The van der Waals surface area contributed by atoms with Crippen molar-refractivity contribution in [2.24, 2.45) is 17.6 Å². The minimum atomic E-state index is 0.105. The van der Waals surface area contributed by atoms with Crippen LogP contribution in [0.4, 0.5) is 0 Å². The molecule has 19 heavy (non-hydrogen) atoms. The Morgan fingerprint density at radius 2 is 1.84 bits per heavy atom. The number of carbonyl (C=O) groups is 1. The second-order valence-electron chi connectivity index (χ2n) is 6.09. The van der Waals surface area contributed by atoms with Crippen LogP contribution in [0.25, 0.3) is 0 Å². The molecule has 0 heterocycles.